The first-order valence-corrected chi connectivity index (χ1v) is 8.08. The van der Waals surface area contributed by atoms with Gasteiger partial charge in [-0.15, -0.1) is 0 Å². The van der Waals surface area contributed by atoms with E-state index in [9.17, 15) is 9.59 Å². The van der Waals surface area contributed by atoms with Gasteiger partial charge in [0.1, 0.15) is 5.58 Å². The van der Waals surface area contributed by atoms with Crippen molar-refractivity contribution in [1.29, 1.82) is 0 Å². The molecule has 5 heteroatoms. The van der Waals surface area contributed by atoms with Gasteiger partial charge in [-0.2, -0.15) is 0 Å². The van der Waals surface area contributed by atoms with E-state index in [-0.39, 0.29) is 24.3 Å². The molecule has 1 aromatic carbocycles. The van der Waals surface area contributed by atoms with E-state index in [1.54, 1.807) is 12.1 Å². The van der Waals surface area contributed by atoms with Gasteiger partial charge in [0, 0.05) is 11.4 Å². The van der Waals surface area contributed by atoms with E-state index < -0.39 is 5.97 Å². The third kappa shape index (κ3) is 3.73. The van der Waals surface area contributed by atoms with Crippen molar-refractivity contribution in [2.75, 3.05) is 6.61 Å². The van der Waals surface area contributed by atoms with Crippen LogP contribution in [-0.4, -0.2) is 24.5 Å². The van der Waals surface area contributed by atoms with Gasteiger partial charge in [-0.3, -0.25) is 4.79 Å². The maximum Gasteiger partial charge on any atom is 0.374 e. The number of carbonyl (C=O) groups is 2. The highest BCUT2D eigenvalue weighted by atomic mass is 16.5. The minimum Gasteiger partial charge on any atom is -0.450 e. The smallest absolute Gasteiger partial charge is 0.374 e. The summed E-state index contributed by atoms with van der Waals surface area (Å²) in [6.07, 6.45) is 4.47. The Hall–Kier alpha value is -2.30. The predicted octanol–water partition coefficient (Wildman–Crippen LogP) is 3.28. The lowest BCUT2D eigenvalue weighted by Crippen LogP contribution is -2.42. The van der Waals surface area contributed by atoms with Crippen LogP contribution in [0.25, 0.3) is 11.0 Å². The lowest BCUT2D eigenvalue weighted by atomic mass is 9.86. The van der Waals surface area contributed by atoms with E-state index in [0.717, 1.165) is 24.6 Å². The van der Waals surface area contributed by atoms with E-state index in [0.29, 0.717) is 11.5 Å². The third-order valence-electron chi connectivity index (χ3n) is 4.42. The molecule has 0 bridgehead atoms. The second kappa shape index (κ2) is 6.86. The van der Waals surface area contributed by atoms with Gasteiger partial charge < -0.3 is 14.5 Å². The van der Waals surface area contributed by atoms with Crippen LogP contribution >= 0.6 is 0 Å². The lowest BCUT2D eigenvalue weighted by Gasteiger charge is -2.29. The van der Waals surface area contributed by atoms with Gasteiger partial charge >= 0.3 is 5.97 Å². The molecule has 0 aliphatic heterocycles. The van der Waals surface area contributed by atoms with Crippen molar-refractivity contribution in [3.8, 4) is 0 Å². The minimum absolute atomic E-state index is 0.116. The molecule has 122 valence electrons. The average Bonchev–Trinajstić information content (AvgIpc) is 2.99. The van der Waals surface area contributed by atoms with Crippen molar-refractivity contribution < 1.29 is 18.7 Å². The molecule has 0 unspecified atom stereocenters. The fraction of sp³-hybridized carbons (Fsp3) is 0.444. The topological polar surface area (TPSA) is 68.5 Å². The summed E-state index contributed by atoms with van der Waals surface area (Å²) in [4.78, 5) is 23.9. The van der Waals surface area contributed by atoms with Crippen LogP contribution in [0.4, 0.5) is 0 Å². The number of hydrogen-bond donors (Lipinski definition) is 1. The van der Waals surface area contributed by atoms with E-state index in [4.69, 9.17) is 9.15 Å². The quantitative estimate of drug-likeness (QED) is 0.879. The van der Waals surface area contributed by atoms with Crippen molar-refractivity contribution in [1.82, 2.24) is 5.32 Å². The second-order valence-corrected chi connectivity index (χ2v) is 6.16. The summed E-state index contributed by atoms with van der Waals surface area (Å²) in [6.45, 7) is 1.86. The van der Waals surface area contributed by atoms with Crippen LogP contribution < -0.4 is 5.32 Å². The Morgan fingerprint density at radius 2 is 2.04 bits per heavy atom. The predicted molar refractivity (Wildman–Crippen MR) is 86.1 cm³/mol. The molecule has 1 aromatic heterocycles. The Bertz CT molecular complexity index is 673. The molecule has 3 rings (SSSR count). The molecular formula is C18H21NO4. The van der Waals surface area contributed by atoms with Gasteiger partial charge in [-0.1, -0.05) is 38.0 Å². The fourth-order valence-electron chi connectivity index (χ4n) is 3.06. The van der Waals surface area contributed by atoms with Crippen molar-refractivity contribution in [3.05, 3.63) is 36.1 Å². The molecule has 1 aliphatic rings. The zero-order valence-corrected chi connectivity index (χ0v) is 13.2. The Balaban J connectivity index is 1.52. The van der Waals surface area contributed by atoms with Crippen LogP contribution in [0.5, 0.6) is 0 Å². The highest BCUT2D eigenvalue weighted by Gasteiger charge is 2.23. The first-order valence-electron chi connectivity index (χ1n) is 8.08. The zero-order chi connectivity index (χ0) is 16.2. The Kier molecular flexibility index (Phi) is 4.65. The van der Waals surface area contributed by atoms with Crippen molar-refractivity contribution in [2.24, 2.45) is 5.92 Å². The Morgan fingerprint density at radius 1 is 1.26 bits per heavy atom. The number of amides is 1. The highest BCUT2D eigenvalue weighted by molar-refractivity contribution is 5.93. The highest BCUT2D eigenvalue weighted by Crippen LogP contribution is 2.23. The Labute approximate surface area is 135 Å². The molecule has 1 N–H and O–H groups in total. The number of para-hydroxylation sites is 1. The summed E-state index contributed by atoms with van der Waals surface area (Å²) in [5.74, 6) is -0.287. The van der Waals surface area contributed by atoms with Gasteiger partial charge in [-0.05, 0) is 30.9 Å². The molecule has 5 nitrogen and oxygen atoms in total. The maximum atomic E-state index is 12.0. The number of benzene rings is 1. The van der Waals surface area contributed by atoms with Gasteiger partial charge in [0.15, 0.2) is 6.61 Å². The normalized spacial score (nSPS) is 21.1. The van der Waals surface area contributed by atoms with Crippen molar-refractivity contribution in [3.63, 3.8) is 0 Å². The SMILES string of the molecule is C[C@@H]1CCCC[C@H]1NC(=O)COC(=O)c1cc2ccccc2o1. The van der Waals surface area contributed by atoms with E-state index in [1.165, 1.54) is 6.42 Å². The molecule has 0 radical (unpaired) electrons. The number of fused-ring (bicyclic) bond motifs is 1. The monoisotopic (exact) mass is 315 g/mol. The zero-order valence-electron chi connectivity index (χ0n) is 13.2. The van der Waals surface area contributed by atoms with Crippen molar-refractivity contribution in [2.45, 2.75) is 38.6 Å². The maximum absolute atomic E-state index is 12.0. The summed E-state index contributed by atoms with van der Waals surface area (Å²) in [6, 6.07) is 9.14. The van der Waals surface area contributed by atoms with Crippen molar-refractivity contribution >= 4 is 22.8 Å². The number of esters is 1. The number of nitrogens with one attached hydrogen (secondary N) is 1. The number of hydrogen-bond acceptors (Lipinski definition) is 4. The molecular weight excluding hydrogens is 294 g/mol. The summed E-state index contributed by atoms with van der Waals surface area (Å²) in [7, 11) is 0. The molecule has 1 heterocycles. The fourth-order valence-corrected chi connectivity index (χ4v) is 3.06. The first-order chi connectivity index (χ1) is 11.1. The number of ether oxygens (including phenoxy) is 1. The molecule has 0 spiro atoms. The van der Waals surface area contributed by atoms with Crippen LogP contribution in [0, 0.1) is 5.92 Å². The van der Waals surface area contributed by atoms with Crippen LogP contribution in [0.1, 0.15) is 43.2 Å². The summed E-state index contributed by atoms with van der Waals surface area (Å²) >= 11 is 0. The van der Waals surface area contributed by atoms with Gasteiger partial charge in [-0.25, -0.2) is 4.79 Å². The van der Waals surface area contributed by atoms with Crippen LogP contribution in [0.15, 0.2) is 34.7 Å². The van der Waals surface area contributed by atoms with E-state index in [1.807, 2.05) is 18.2 Å². The summed E-state index contributed by atoms with van der Waals surface area (Å²) < 4.78 is 10.5. The minimum atomic E-state index is -0.618. The van der Waals surface area contributed by atoms with Gasteiger partial charge in [0.25, 0.3) is 5.91 Å². The molecule has 1 aliphatic carbocycles. The molecule has 1 amide bonds. The third-order valence-corrected chi connectivity index (χ3v) is 4.42. The van der Waals surface area contributed by atoms with Crippen LogP contribution in [-0.2, 0) is 9.53 Å². The Morgan fingerprint density at radius 3 is 2.83 bits per heavy atom. The molecule has 1 saturated carbocycles. The average molecular weight is 315 g/mol. The number of rotatable bonds is 4. The van der Waals surface area contributed by atoms with Gasteiger partial charge in [0.05, 0.1) is 0 Å². The summed E-state index contributed by atoms with van der Waals surface area (Å²) in [5, 5.41) is 3.79. The molecule has 2 atom stereocenters. The first kappa shape index (κ1) is 15.6. The molecule has 2 aromatic rings. The number of carbonyl (C=O) groups excluding carboxylic acids is 2. The van der Waals surface area contributed by atoms with Crippen LogP contribution in [0.2, 0.25) is 0 Å². The van der Waals surface area contributed by atoms with E-state index >= 15 is 0 Å². The molecule has 0 saturated heterocycles. The van der Waals surface area contributed by atoms with E-state index in [2.05, 4.69) is 12.2 Å². The van der Waals surface area contributed by atoms with Gasteiger partial charge in [0.2, 0.25) is 5.76 Å². The lowest BCUT2D eigenvalue weighted by molar-refractivity contribution is -0.125. The largest absolute Gasteiger partial charge is 0.450 e. The molecule has 1 fully saturated rings. The number of furan rings is 1. The summed E-state index contributed by atoms with van der Waals surface area (Å²) in [5.41, 5.74) is 0.625. The molecule has 23 heavy (non-hydrogen) atoms. The standard InChI is InChI=1S/C18H21NO4/c1-12-6-2-4-8-14(12)19-17(20)11-22-18(21)16-10-13-7-3-5-9-15(13)23-16/h3,5,7,9-10,12,14H,2,4,6,8,11H2,1H3,(H,19,20)/t12-,14-/m1/s1. The second-order valence-electron chi connectivity index (χ2n) is 6.16. The van der Waals surface area contributed by atoms with Crippen LogP contribution in [0.3, 0.4) is 0 Å².